The summed E-state index contributed by atoms with van der Waals surface area (Å²) < 4.78 is 12.8. The molecule has 2 aromatic carbocycles. The summed E-state index contributed by atoms with van der Waals surface area (Å²) in [6, 6.07) is 12.0. The number of pyridine rings is 1. The molecule has 128 valence electrons. The molecule has 0 unspecified atom stereocenters. The minimum Gasteiger partial charge on any atom is -0.618 e. The highest BCUT2D eigenvalue weighted by atomic mass is 79.9. The third-order valence-corrected chi connectivity index (χ3v) is 3.98. The highest BCUT2D eigenvalue weighted by molar-refractivity contribution is 9.10. The third kappa shape index (κ3) is 3.83. The average molecular weight is 403 g/mol. The molecule has 0 saturated carbocycles. The Balaban J connectivity index is 2.05. The normalized spacial score (nSPS) is 10.5. The molecule has 0 fully saturated rings. The molecule has 1 N–H and O–H groups in total. The van der Waals surface area contributed by atoms with E-state index in [9.17, 15) is 10.0 Å². The van der Waals surface area contributed by atoms with E-state index in [0.29, 0.717) is 33.8 Å². The monoisotopic (exact) mass is 402 g/mol. The van der Waals surface area contributed by atoms with Gasteiger partial charge in [-0.15, -0.1) is 0 Å². The van der Waals surface area contributed by atoms with Gasteiger partial charge in [0.2, 0.25) is 11.4 Å². The molecule has 7 heteroatoms. The van der Waals surface area contributed by atoms with Gasteiger partial charge in [0.15, 0.2) is 6.20 Å². The number of halogens is 1. The van der Waals surface area contributed by atoms with Crippen LogP contribution in [-0.4, -0.2) is 13.0 Å². The van der Waals surface area contributed by atoms with E-state index in [4.69, 9.17) is 9.47 Å². The number of carbonyl (C=O) groups excluding carboxylic acids is 1. The van der Waals surface area contributed by atoms with Gasteiger partial charge in [-0.3, -0.25) is 4.79 Å². The molecule has 0 radical (unpaired) electrons. The van der Waals surface area contributed by atoms with Crippen molar-refractivity contribution in [2.24, 2.45) is 0 Å². The van der Waals surface area contributed by atoms with E-state index < -0.39 is 0 Å². The number of rotatable bonds is 4. The van der Waals surface area contributed by atoms with Crippen LogP contribution in [0.3, 0.4) is 0 Å². The van der Waals surface area contributed by atoms with Crippen molar-refractivity contribution in [3.05, 3.63) is 58.3 Å². The molecule has 0 atom stereocenters. The number of nitrogens with zero attached hydrogens (tertiary/aromatic N) is 1. The van der Waals surface area contributed by atoms with Crippen molar-refractivity contribution in [3.8, 4) is 17.2 Å². The lowest BCUT2D eigenvalue weighted by Crippen LogP contribution is -2.25. The van der Waals surface area contributed by atoms with Gasteiger partial charge in [0.1, 0.15) is 17.2 Å². The number of amides is 1. The first kappa shape index (κ1) is 17.0. The summed E-state index contributed by atoms with van der Waals surface area (Å²) in [6.45, 7) is 1.43. The highest BCUT2D eigenvalue weighted by Crippen LogP contribution is 2.33. The lowest BCUT2D eigenvalue weighted by atomic mass is 10.2. The Kier molecular flexibility index (Phi) is 4.76. The Bertz CT molecular complexity index is 959. The van der Waals surface area contributed by atoms with E-state index in [1.54, 1.807) is 36.4 Å². The van der Waals surface area contributed by atoms with E-state index in [0.717, 1.165) is 9.20 Å². The maximum atomic E-state index is 11.9. The standard InChI is InChI=1S/C18H15BrN2O4/c1-11(22)20-13-8-14(24-2)10-15(9-13)25-18-5-6-21(23)17-4-3-12(19)7-16(17)18/h3-10H,1-2H3,(H,20,22). The van der Waals surface area contributed by atoms with E-state index in [-0.39, 0.29) is 5.91 Å². The summed E-state index contributed by atoms with van der Waals surface area (Å²) >= 11 is 3.40. The smallest absolute Gasteiger partial charge is 0.227 e. The summed E-state index contributed by atoms with van der Waals surface area (Å²) in [4.78, 5) is 11.3. The molecule has 25 heavy (non-hydrogen) atoms. The van der Waals surface area contributed by atoms with E-state index in [1.165, 1.54) is 20.2 Å². The second kappa shape index (κ2) is 6.98. The Morgan fingerprint density at radius 3 is 2.64 bits per heavy atom. The van der Waals surface area contributed by atoms with Crippen LogP contribution in [0.2, 0.25) is 0 Å². The van der Waals surface area contributed by atoms with Gasteiger partial charge < -0.3 is 20.0 Å². The summed E-state index contributed by atoms with van der Waals surface area (Å²) in [5.41, 5.74) is 1.05. The molecule has 1 amide bonds. The number of carbonyl (C=O) groups is 1. The van der Waals surface area contributed by atoms with Crippen molar-refractivity contribution in [2.45, 2.75) is 6.92 Å². The van der Waals surface area contributed by atoms with Gasteiger partial charge in [0.25, 0.3) is 0 Å². The zero-order chi connectivity index (χ0) is 18.0. The molecule has 0 saturated heterocycles. The van der Waals surface area contributed by atoms with Crippen LogP contribution in [0.1, 0.15) is 6.92 Å². The van der Waals surface area contributed by atoms with Gasteiger partial charge in [0, 0.05) is 47.4 Å². The van der Waals surface area contributed by atoms with Crippen LogP contribution in [0.4, 0.5) is 5.69 Å². The van der Waals surface area contributed by atoms with E-state index >= 15 is 0 Å². The van der Waals surface area contributed by atoms with Gasteiger partial charge in [-0.05, 0) is 12.1 Å². The summed E-state index contributed by atoms with van der Waals surface area (Å²) in [6.07, 6.45) is 1.39. The fourth-order valence-corrected chi connectivity index (χ4v) is 2.80. The SMILES string of the molecule is COc1cc(NC(C)=O)cc(Oc2cc[n+]([O-])c3ccc(Br)cc23)c1. The van der Waals surface area contributed by atoms with Gasteiger partial charge in [0.05, 0.1) is 12.5 Å². The molecular formula is C18H15BrN2O4. The fourth-order valence-electron chi connectivity index (χ4n) is 2.44. The van der Waals surface area contributed by atoms with Crippen molar-refractivity contribution in [1.82, 2.24) is 0 Å². The number of ether oxygens (including phenoxy) is 2. The largest absolute Gasteiger partial charge is 0.618 e. The van der Waals surface area contributed by atoms with Crippen molar-refractivity contribution in [1.29, 1.82) is 0 Å². The zero-order valence-electron chi connectivity index (χ0n) is 13.6. The lowest BCUT2D eigenvalue weighted by Gasteiger charge is -2.12. The van der Waals surface area contributed by atoms with Gasteiger partial charge in [-0.2, -0.15) is 4.73 Å². The van der Waals surface area contributed by atoms with Crippen molar-refractivity contribution >= 4 is 38.4 Å². The summed E-state index contributed by atoms with van der Waals surface area (Å²) in [7, 11) is 1.53. The van der Waals surface area contributed by atoms with Crippen LogP contribution in [-0.2, 0) is 4.79 Å². The lowest BCUT2D eigenvalue weighted by molar-refractivity contribution is -0.577. The number of benzene rings is 2. The Morgan fingerprint density at radius 2 is 1.92 bits per heavy atom. The highest BCUT2D eigenvalue weighted by Gasteiger charge is 2.13. The van der Waals surface area contributed by atoms with Crippen LogP contribution in [0.25, 0.3) is 10.9 Å². The topological polar surface area (TPSA) is 74.5 Å². The summed E-state index contributed by atoms with van der Waals surface area (Å²) in [5, 5.41) is 15.3. The van der Waals surface area contributed by atoms with E-state index in [1.807, 2.05) is 6.07 Å². The maximum Gasteiger partial charge on any atom is 0.227 e. The third-order valence-electron chi connectivity index (χ3n) is 3.49. The number of anilines is 1. The number of hydrogen-bond donors (Lipinski definition) is 1. The molecular weight excluding hydrogens is 388 g/mol. The van der Waals surface area contributed by atoms with Crippen molar-refractivity contribution in [3.63, 3.8) is 0 Å². The quantitative estimate of drug-likeness (QED) is 0.528. The molecule has 0 aliphatic carbocycles. The first-order valence-electron chi connectivity index (χ1n) is 7.42. The second-order valence-electron chi connectivity index (χ2n) is 5.35. The minimum atomic E-state index is -0.194. The molecule has 0 aliphatic rings. The number of aromatic nitrogens is 1. The van der Waals surface area contributed by atoms with Crippen LogP contribution < -0.4 is 19.5 Å². The predicted molar refractivity (Wildman–Crippen MR) is 98.0 cm³/mol. The van der Waals surface area contributed by atoms with Crippen molar-refractivity contribution < 1.29 is 19.0 Å². The molecule has 0 spiro atoms. The molecule has 6 nitrogen and oxygen atoms in total. The van der Waals surface area contributed by atoms with Gasteiger partial charge >= 0.3 is 0 Å². The molecule has 0 aliphatic heterocycles. The van der Waals surface area contributed by atoms with Crippen molar-refractivity contribution in [2.75, 3.05) is 12.4 Å². The maximum absolute atomic E-state index is 11.9. The molecule has 3 rings (SSSR count). The Hall–Kier alpha value is -2.80. The molecule has 1 aromatic heterocycles. The second-order valence-corrected chi connectivity index (χ2v) is 6.26. The van der Waals surface area contributed by atoms with Gasteiger partial charge in [-0.25, -0.2) is 0 Å². The van der Waals surface area contributed by atoms with Crippen LogP contribution in [0.5, 0.6) is 17.2 Å². The Morgan fingerprint density at radius 1 is 1.16 bits per heavy atom. The number of methoxy groups -OCH3 is 1. The first-order chi connectivity index (χ1) is 12.0. The van der Waals surface area contributed by atoms with Crippen LogP contribution >= 0.6 is 15.9 Å². The minimum absolute atomic E-state index is 0.194. The molecule has 0 bridgehead atoms. The Labute approximate surface area is 152 Å². The average Bonchev–Trinajstić information content (AvgIpc) is 2.56. The molecule has 1 heterocycles. The predicted octanol–water partition coefficient (Wildman–Crippen LogP) is 4.00. The number of hydrogen-bond acceptors (Lipinski definition) is 4. The van der Waals surface area contributed by atoms with Crippen LogP contribution in [0, 0.1) is 5.21 Å². The van der Waals surface area contributed by atoms with Crippen LogP contribution in [0.15, 0.2) is 53.1 Å². The number of fused-ring (bicyclic) bond motifs is 1. The fraction of sp³-hybridized carbons (Fsp3) is 0.111. The zero-order valence-corrected chi connectivity index (χ0v) is 15.2. The first-order valence-corrected chi connectivity index (χ1v) is 8.21. The number of nitrogens with one attached hydrogen (secondary N) is 1. The molecule has 3 aromatic rings. The van der Waals surface area contributed by atoms with E-state index in [2.05, 4.69) is 21.2 Å². The van der Waals surface area contributed by atoms with Gasteiger partial charge in [-0.1, -0.05) is 15.9 Å². The summed E-state index contributed by atoms with van der Waals surface area (Å²) in [5.74, 6) is 1.35.